The fraction of sp³-hybridized carbons (Fsp3) is 0.750. The number of nitrogens with zero attached hydrogens (tertiary/aromatic N) is 3. The van der Waals surface area contributed by atoms with Gasteiger partial charge in [-0.05, 0) is 69.3 Å². The number of aromatic nitrogens is 1. The molecule has 2 heterocycles. The molecule has 5 heteroatoms. The molecule has 0 unspecified atom stereocenters. The van der Waals surface area contributed by atoms with Crippen LogP contribution in [-0.2, 0) is 6.54 Å². The predicted octanol–water partition coefficient (Wildman–Crippen LogP) is 2.79. The van der Waals surface area contributed by atoms with Gasteiger partial charge in [0.2, 0.25) is 0 Å². The molecule has 0 aromatic carbocycles. The third-order valence-corrected chi connectivity index (χ3v) is 7.14. The van der Waals surface area contributed by atoms with E-state index in [-0.39, 0.29) is 0 Å². The lowest BCUT2D eigenvalue weighted by Gasteiger charge is -2.38. The van der Waals surface area contributed by atoms with Gasteiger partial charge in [-0.2, -0.15) is 0 Å². The van der Waals surface area contributed by atoms with E-state index in [2.05, 4.69) is 45.7 Å². The van der Waals surface area contributed by atoms with Gasteiger partial charge in [-0.1, -0.05) is 6.42 Å². The minimum absolute atomic E-state index is 0.656. The van der Waals surface area contributed by atoms with Crippen LogP contribution in [0.1, 0.15) is 37.1 Å². The van der Waals surface area contributed by atoms with Crippen molar-refractivity contribution in [2.24, 2.45) is 11.8 Å². The maximum Gasteiger partial charge on any atom is 0.169 e. The van der Waals surface area contributed by atoms with Crippen molar-refractivity contribution in [2.45, 2.75) is 52.1 Å². The standard InChI is InChI=1S/C20H32N4S/c1-15-3-4-16(2)24(15)12-9-22-7-10-23(11-8-22)20(25)21-19-14-17-5-6-18(19)13-17/h3-4,17-19H,5-14H2,1-2H3,(H,21,25)/t17-,18-,19+/m1/s1. The second-order valence-corrected chi connectivity index (χ2v) is 8.71. The molecule has 3 aliphatic rings. The molecule has 2 saturated carbocycles. The van der Waals surface area contributed by atoms with Crippen molar-refractivity contribution < 1.29 is 0 Å². The summed E-state index contributed by atoms with van der Waals surface area (Å²) in [5.41, 5.74) is 2.74. The molecule has 1 aliphatic heterocycles. The predicted molar refractivity (Wildman–Crippen MR) is 107 cm³/mol. The summed E-state index contributed by atoms with van der Waals surface area (Å²) in [5, 5.41) is 4.71. The molecule has 2 bridgehead atoms. The van der Waals surface area contributed by atoms with E-state index in [1.165, 1.54) is 37.1 Å². The highest BCUT2D eigenvalue weighted by Gasteiger charge is 2.40. The quantitative estimate of drug-likeness (QED) is 0.834. The number of thiocarbonyl (C=S) groups is 1. The number of hydrogen-bond donors (Lipinski definition) is 1. The van der Waals surface area contributed by atoms with Gasteiger partial charge >= 0.3 is 0 Å². The summed E-state index contributed by atoms with van der Waals surface area (Å²) in [4.78, 5) is 4.97. The molecule has 2 aliphatic carbocycles. The lowest BCUT2D eigenvalue weighted by Crippen LogP contribution is -2.54. The van der Waals surface area contributed by atoms with Gasteiger partial charge in [-0.25, -0.2) is 0 Å². The van der Waals surface area contributed by atoms with Crippen LogP contribution in [0.25, 0.3) is 0 Å². The number of nitrogens with one attached hydrogen (secondary N) is 1. The van der Waals surface area contributed by atoms with Crippen molar-refractivity contribution in [3.63, 3.8) is 0 Å². The highest BCUT2D eigenvalue weighted by molar-refractivity contribution is 7.80. The summed E-state index contributed by atoms with van der Waals surface area (Å²) in [7, 11) is 0. The van der Waals surface area contributed by atoms with E-state index in [1.807, 2.05) is 0 Å². The van der Waals surface area contributed by atoms with Crippen molar-refractivity contribution in [3.8, 4) is 0 Å². The Morgan fingerprint density at radius 3 is 2.36 bits per heavy atom. The minimum Gasteiger partial charge on any atom is -0.360 e. The monoisotopic (exact) mass is 360 g/mol. The zero-order chi connectivity index (χ0) is 17.4. The number of fused-ring (bicyclic) bond motifs is 2. The molecule has 1 N–H and O–H groups in total. The van der Waals surface area contributed by atoms with E-state index in [4.69, 9.17) is 12.2 Å². The second-order valence-electron chi connectivity index (χ2n) is 8.33. The van der Waals surface area contributed by atoms with Gasteiger partial charge in [0.1, 0.15) is 0 Å². The van der Waals surface area contributed by atoms with E-state index in [9.17, 15) is 0 Å². The maximum absolute atomic E-state index is 5.72. The molecule has 4 nitrogen and oxygen atoms in total. The lowest BCUT2D eigenvalue weighted by atomic mass is 9.95. The third-order valence-electron chi connectivity index (χ3n) is 6.76. The Bertz CT molecular complexity index is 598. The molecular weight excluding hydrogens is 328 g/mol. The van der Waals surface area contributed by atoms with Crippen molar-refractivity contribution in [3.05, 3.63) is 23.5 Å². The number of aryl methyl sites for hydroxylation is 2. The Hall–Kier alpha value is -1.07. The summed E-state index contributed by atoms with van der Waals surface area (Å²) in [6, 6.07) is 5.09. The van der Waals surface area contributed by atoms with Crippen LogP contribution >= 0.6 is 12.2 Å². The highest BCUT2D eigenvalue weighted by atomic mass is 32.1. The Kier molecular flexibility index (Phi) is 5.05. The average molecular weight is 361 g/mol. The number of hydrogen-bond acceptors (Lipinski definition) is 2. The SMILES string of the molecule is Cc1ccc(C)n1CCN1CCN(C(=S)N[C@H]2C[C@@H]3CC[C@@H]2C3)CC1. The highest BCUT2D eigenvalue weighted by Crippen LogP contribution is 2.44. The topological polar surface area (TPSA) is 23.4 Å². The zero-order valence-electron chi connectivity index (χ0n) is 15.7. The van der Waals surface area contributed by atoms with Gasteiger partial charge in [-0.3, -0.25) is 4.90 Å². The summed E-state index contributed by atoms with van der Waals surface area (Å²) in [5.74, 6) is 1.86. The second kappa shape index (κ2) is 7.28. The van der Waals surface area contributed by atoms with Crippen LogP contribution in [0.5, 0.6) is 0 Å². The minimum atomic E-state index is 0.656. The van der Waals surface area contributed by atoms with E-state index in [1.54, 1.807) is 0 Å². The van der Waals surface area contributed by atoms with Crippen LogP contribution in [0.2, 0.25) is 0 Å². The summed E-state index contributed by atoms with van der Waals surface area (Å²) in [6.07, 6.45) is 5.65. The molecule has 0 amide bonds. The Labute approximate surface area is 157 Å². The molecule has 0 radical (unpaired) electrons. The first-order chi connectivity index (χ1) is 12.1. The third kappa shape index (κ3) is 3.72. The van der Waals surface area contributed by atoms with Crippen LogP contribution < -0.4 is 5.32 Å². The van der Waals surface area contributed by atoms with Crippen LogP contribution in [-0.4, -0.2) is 58.2 Å². The molecule has 0 spiro atoms. The first-order valence-corrected chi connectivity index (χ1v) is 10.4. The molecule has 138 valence electrons. The van der Waals surface area contributed by atoms with Crippen LogP contribution in [0.4, 0.5) is 0 Å². The van der Waals surface area contributed by atoms with Gasteiger partial charge in [-0.15, -0.1) is 0 Å². The van der Waals surface area contributed by atoms with Crippen molar-refractivity contribution in [1.82, 2.24) is 19.7 Å². The van der Waals surface area contributed by atoms with Gasteiger partial charge in [0, 0.05) is 56.7 Å². The molecule has 1 aromatic rings. The fourth-order valence-electron chi connectivity index (χ4n) is 5.14. The largest absolute Gasteiger partial charge is 0.360 e. The first-order valence-electron chi connectivity index (χ1n) is 10.0. The van der Waals surface area contributed by atoms with Crippen LogP contribution in [0.3, 0.4) is 0 Å². The van der Waals surface area contributed by atoms with Crippen molar-refractivity contribution in [1.29, 1.82) is 0 Å². The number of rotatable bonds is 4. The molecule has 1 saturated heterocycles. The van der Waals surface area contributed by atoms with Crippen molar-refractivity contribution >= 4 is 17.3 Å². The molecule has 3 fully saturated rings. The summed E-state index contributed by atoms with van der Waals surface area (Å²) < 4.78 is 2.42. The molecule has 3 atom stereocenters. The van der Waals surface area contributed by atoms with Crippen LogP contribution in [0.15, 0.2) is 12.1 Å². The maximum atomic E-state index is 5.72. The molecule has 25 heavy (non-hydrogen) atoms. The Morgan fingerprint density at radius 2 is 1.76 bits per heavy atom. The zero-order valence-corrected chi connectivity index (χ0v) is 16.5. The molecule has 4 rings (SSSR count). The normalized spacial score (nSPS) is 29.4. The Balaban J connectivity index is 1.21. The van der Waals surface area contributed by atoms with E-state index in [0.29, 0.717) is 6.04 Å². The van der Waals surface area contributed by atoms with E-state index in [0.717, 1.165) is 56.2 Å². The van der Waals surface area contributed by atoms with Gasteiger partial charge in [0.25, 0.3) is 0 Å². The van der Waals surface area contributed by atoms with Gasteiger partial charge < -0.3 is 14.8 Å². The van der Waals surface area contributed by atoms with E-state index >= 15 is 0 Å². The van der Waals surface area contributed by atoms with Crippen LogP contribution in [0, 0.1) is 25.7 Å². The number of piperazine rings is 1. The van der Waals surface area contributed by atoms with Crippen molar-refractivity contribution in [2.75, 3.05) is 32.7 Å². The summed E-state index contributed by atoms with van der Waals surface area (Å²) in [6.45, 7) is 11.0. The van der Waals surface area contributed by atoms with Gasteiger partial charge in [0.15, 0.2) is 5.11 Å². The lowest BCUT2D eigenvalue weighted by molar-refractivity contribution is 0.174. The van der Waals surface area contributed by atoms with Gasteiger partial charge in [0.05, 0.1) is 0 Å². The average Bonchev–Trinajstić information content (AvgIpc) is 3.31. The summed E-state index contributed by atoms with van der Waals surface area (Å²) >= 11 is 5.72. The smallest absolute Gasteiger partial charge is 0.169 e. The molecule has 1 aromatic heterocycles. The molecular formula is C20H32N4S. The first kappa shape index (κ1) is 17.3. The van der Waals surface area contributed by atoms with E-state index < -0.39 is 0 Å². The Morgan fingerprint density at radius 1 is 1.04 bits per heavy atom. The fourth-order valence-corrected chi connectivity index (χ4v) is 5.47.